The van der Waals surface area contributed by atoms with Gasteiger partial charge in [0.1, 0.15) is 22.7 Å². The van der Waals surface area contributed by atoms with Crippen LogP contribution in [-0.2, 0) is 17.6 Å². The zero-order valence-corrected chi connectivity index (χ0v) is 20.8. The maximum Gasteiger partial charge on any atom is 0.236 e. The molecule has 1 amide bonds. The summed E-state index contributed by atoms with van der Waals surface area (Å²) in [6, 6.07) is 3.83. The van der Waals surface area contributed by atoms with Gasteiger partial charge in [-0.05, 0) is 37.8 Å². The molecule has 10 nitrogen and oxygen atoms in total. The molecule has 0 spiro atoms. The number of nitrogen functional groups attached to an aromatic ring is 1. The van der Waals surface area contributed by atoms with Crippen LogP contribution in [0.1, 0.15) is 29.3 Å². The van der Waals surface area contributed by atoms with Crippen molar-refractivity contribution in [1.29, 1.82) is 0 Å². The summed E-state index contributed by atoms with van der Waals surface area (Å²) < 4.78 is 5.80. The largest absolute Gasteiger partial charge is 0.492 e. The van der Waals surface area contributed by atoms with Crippen LogP contribution >= 0.6 is 11.3 Å². The number of ether oxygens (including phenoxy) is 1. The summed E-state index contributed by atoms with van der Waals surface area (Å²) >= 11 is 1.66. The van der Waals surface area contributed by atoms with Gasteiger partial charge in [-0.15, -0.1) is 11.3 Å². The monoisotopic (exact) mass is 498 g/mol. The Bertz CT molecular complexity index is 1230. The van der Waals surface area contributed by atoms with E-state index in [1.165, 1.54) is 21.6 Å². The number of aromatic nitrogens is 2. The van der Waals surface area contributed by atoms with Crippen LogP contribution in [0, 0.1) is 0 Å². The van der Waals surface area contributed by atoms with Crippen LogP contribution in [0.5, 0.6) is 5.75 Å². The van der Waals surface area contributed by atoms with Gasteiger partial charge in [-0.2, -0.15) is 0 Å². The number of hydrogen-bond donors (Lipinski definition) is 5. The lowest BCUT2D eigenvalue weighted by molar-refractivity contribution is -0.129. The van der Waals surface area contributed by atoms with Gasteiger partial charge in [0, 0.05) is 36.3 Å². The van der Waals surface area contributed by atoms with E-state index in [0.29, 0.717) is 36.0 Å². The maximum atomic E-state index is 12.2. The quantitative estimate of drug-likeness (QED) is 0.200. The van der Waals surface area contributed by atoms with Crippen molar-refractivity contribution in [3.8, 4) is 5.75 Å². The molecule has 1 aliphatic rings. The first-order valence-electron chi connectivity index (χ1n) is 11.7. The van der Waals surface area contributed by atoms with E-state index in [0.717, 1.165) is 35.2 Å². The molecule has 1 unspecified atom stereocenters. The number of likely N-dealkylation sites (N-methyl/N-ethyl adjacent to an activating group) is 1. The molecule has 0 bridgehead atoms. The summed E-state index contributed by atoms with van der Waals surface area (Å²) in [4.78, 5) is 25.0. The molecule has 4 rings (SSSR count). The highest BCUT2D eigenvalue weighted by molar-refractivity contribution is 7.19. The van der Waals surface area contributed by atoms with E-state index in [2.05, 4.69) is 20.6 Å². The van der Waals surface area contributed by atoms with Crippen molar-refractivity contribution in [1.82, 2.24) is 20.2 Å². The number of nitrogens with zero attached hydrogens (tertiary/aromatic N) is 3. The summed E-state index contributed by atoms with van der Waals surface area (Å²) in [6.07, 6.45) is 5.62. The van der Waals surface area contributed by atoms with Gasteiger partial charge in [0.15, 0.2) is 6.21 Å². The van der Waals surface area contributed by atoms with Gasteiger partial charge in [0.2, 0.25) is 5.91 Å². The third kappa shape index (κ3) is 5.37. The highest BCUT2D eigenvalue weighted by atomic mass is 32.1. The number of aryl methyl sites for hydroxylation is 1. The number of amides is 1. The highest BCUT2D eigenvalue weighted by Crippen LogP contribution is 2.40. The molecule has 1 aliphatic carbocycles. The minimum atomic E-state index is -0.0392. The van der Waals surface area contributed by atoms with Crippen LogP contribution in [0.25, 0.3) is 10.2 Å². The van der Waals surface area contributed by atoms with E-state index in [1.807, 2.05) is 13.0 Å². The fourth-order valence-corrected chi connectivity index (χ4v) is 5.54. The third-order valence-electron chi connectivity index (χ3n) is 6.17. The molecule has 1 atom stereocenters. The summed E-state index contributed by atoms with van der Waals surface area (Å²) in [5.74, 6) is 1.32. The second kappa shape index (κ2) is 11.0. The van der Waals surface area contributed by atoms with E-state index in [9.17, 15) is 4.79 Å². The maximum absolute atomic E-state index is 12.2. The number of benzene rings is 1. The van der Waals surface area contributed by atoms with Crippen molar-refractivity contribution >= 4 is 50.9 Å². The molecular formula is C24H32N7O3S+. The molecule has 11 heteroatoms. The first-order valence-corrected chi connectivity index (χ1v) is 12.5. The summed E-state index contributed by atoms with van der Waals surface area (Å²) in [7, 11) is 1.70. The van der Waals surface area contributed by atoms with E-state index in [-0.39, 0.29) is 25.1 Å². The second-order valence-electron chi connectivity index (χ2n) is 8.47. The number of rotatable bonds is 10. The van der Waals surface area contributed by atoms with Gasteiger partial charge in [-0.3, -0.25) is 10.2 Å². The molecule has 3 aromatic rings. The van der Waals surface area contributed by atoms with Gasteiger partial charge in [-0.25, -0.2) is 9.97 Å². The first kappa shape index (κ1) is 24.8. The number of thiophene rings is 1. The van der Waals surface area contributed by atoms with Crippen molar-refractivity contribution in [3.63, 3.8) is 0 Å². The van der Waals surface area contributed by atoms with Crippen molar-refractivity contribution < 1.29 is 20.0 Å². The zero-order valence-electron chi connectivity index (χ0n) is 20.0. The fraction of sp³-hybridized carbons (Fsp3) is 0.417. The average molecular weight is 499 g/mol. The van der Waals surface area contributed by atoms with Gasteiger partial charge < -0.3 is 31.1 Å². The molecule has 2 aromatic heterocycles. The van der Waals surface area contributed by atoms with Crippen LogP contribution in [0.4, 0.5) is 17.2 Å². The Morgan fingerprint density at radius 2 is 2.26 bits per heavy atom. The predicted octanol–water partition coefficient (Wildman–Crippen LogP) is 0.491. The van der Waals surface area contributed by atoms with Crippen LogP contribution < -0.4 is 26.5 Å². The molecular weight excluding hydrogens is 466 g/mol. The van der Waals surface area contributed by atoms with E-state index in [1.54, 1.807) is 30.8 Å². The van der Waals surface area contributed by atoms with Crippen molar-refractivity contribution in [3.05, 3.63) is 34.5 Å². The number of carbonyl (C=O) groups excluding carboxylic acids is 1. The second-order valence-corrected chi connectivity index (χ2v) is 9.55. The number of nitrogens with two attached hydrogens (primary N) is 2. The predicted molar refractivity (Wildman–Crippen MR) is 138 cm³/mol. The minimum Gasteiger partial charge on any atom is -0.492 e. The molecule has 186 valence electrons. The smallest absolute Gasteiger partial charge is 0.236 e. The Kier molecular flexibility index (Phi) is 7.79. The number of anilines is 3. The molecule has 0 saturated heterocycles. The Balaban J connectivity index is 1.57. The SMILES string of the molecule is CCOc1cc(N)c(C=[NH2+])cc1Nc1ncnc2sc3c(c12)CCC(NCC(=O)N(C)CCO)C3. The fourth-order valence-electron chi connectivity index (χ4n) is 4.28. The molecule has 0 saturated carbocycles. The van der Waals surface area contributed by atoms with Crippen LogP contribution in [-0.4, -0.2) is 71.5 Å². The zero-order chi connectivity index (χ0) is 24.9. The Labute approximate surface area is 208 Å². The van der Waals surface area contributed by atoms with Crippen LogP contribution in [0.15, 0.2) is 18.5 Å². The molecule has 0 fully saturated rings. The Hall–Kier alpha value is -3.28. The Morgan fingerprint density at radius 1 is 1.43 bits per heavy atom. The molecule has 0 aliphatic heterocycles. The van der Waals surface area contributed by atoms with Crippen molar-refractivity contribution in [2.45, 2.75) is 32.2 Å². The van der Waals surface area contributed by atoms with Crippen LogP contribution in [0.3, 0.4) is 0 Å². The topological polar surface area (TPSA) is 151 Å². The van der Waals surface area contributed by atoms with E-state index in [4.69, 9.17) is 21.0 Å². The standard InChI is InChI=1S/C24H31N7O3S/c1-3-34-19-10-17(26)14(11-25)8-18(19)30-23-22-16-5-4-15(27-12-21(33)31(2)6-7-32)9-20(16)35-24(22)29-13-28-23/h8,10-11,13,15,25,27,32H,3-7,9,12,26H2,1-2H3,(H,28,29,30)/p+1. The van der Waals surface area contributed by atoms with Crippen LogP contribution in [0.2, 0.25) is 0 Å². The number of aliphatic hydroxyl groups is 1. The number of aliphatic hydroxyl groups excluding tert-OH is 1. The van der Waals surface area contributed by atoms with Crippen molar-refractivity contribution in [2.24, 2.45) is 0 Å². The third-order valence-corrected chi connectivity index (χ3v) is 7.33. The van der Waals surface area contributed by atoms with E-state index >= 15 is 0 Å². The number of fused-ring (bicyclic) bond motifs is 3. The highest BCUT2D eigenvalue weighted by Gasteiger charge is 2.26. The Morgan fingerprint density at radius 3 is 3.00 bits per heavy atom. The van der Waals surface area contributed by atoms with Gasteiger partial charge >= 0.3 is 0 Å². The summed E-state index contributed by atoms with van der Waals surface area (Å²) in [6.45, 7) is 2.97. The molecule has 2 heterocycles. The van der Waals surface area contributed by atoms with E-state index < -0.39 is 0 Å². The lowest BCUT2D eigenvalue weighted by atomic mass is 9.93. The summed E-state index contributed by atoms with van der Waals surface area (Å²) in [5, 5.41) is 22.6. The number of hydrogen-bond acceptors (Lipinski definition) is 9. The average Bonchev–Trinajstić information content (AvgIpc) is 3.23. The number of nitrogens with one attached hydrogen (secondary N) is 2. The number of carbonyl (C=O) groups is 1. The molecule has 0 radical (unpaired) electrons. The lowest BCUT2D eigenvalue weighted by Crippen LogP contribution is -2.42. The first-order chi connectivity index (χ1) is 16.9. The molecule has 1 aromatic carbocycles. The lowest BCUT2D eigenvalue weighted by Gasteiger charge is -2.25. The van der Waals surface area contributed by atoms with Gasteiger partial charge in [-0.1, -0.05) is 0 Å². The normalized spacial score (nSPS) is 15.0. The van der Waals surface area contributed by atoms with Gasteiger partial charge in [0.05, 0.1) is 36.4 Å². The molecule has 7 N–H and O–H groups in total. The molecule has 35 heavy (non-hydrogen) atoms. The minimum absolute atomic E-state index is 0.0266. The van der Waals surface area contributed by atoms with Gasteiger partial charge in [0.25, 0.3) is 0 Å². The van der Waals surface area contributed by atoms with Crippen molar-refractivity contribution in [2.75, 3.05) is 44.4 Å². The summed E-state index contributed by atoms with van der Waals surface area (Å²) in [5.41, 5.74) is 9.33.